The van der Waals surface area contributed by atoms with Crippen molar-refractivity contribution in [2.24, 2.45) is 0 Å². The molecule has 1 N–H and O–H groups in total. The summed E-state index contributed by atoms with van der Waals surface area (Å²) in [5, 5.41) is 3.52. The van der Waals surface area contributed by atoms with E-state index in [-0.39, 0.29) is 5.41 Å². The number of hydrogen-bond acceptors (Lipinski definition) is 1. The summed E-state index contributed by atoms with van der Waals surface area (Å²) in [6.45, 7) is 6.10. The molecule has 1 nitrogen and oxygen atoms in total. The van der Waals surface area contributed by atoms with Crippen molar-refractivity contribution in [2.75, 3.05) is 13.1 Å². The smallest absolute Gasteiger partial charge is 0.0364 e. The third-order valence-electron chi connectivity index (χ3n) is 4.01. The summed E-state index contributed by atoms with van der Waals surface area (Å²) in [5.74, 6) is 0. The Balaban J connectivity index is 2.13. The predicted molar refractivity (Wildman–Crippen MR) is 80.3 cm³/mol. The molecule has 0 unspecified atom stereocenters. The molecule has 0 bridgehead atoms. The average molecular weight is 249 g/mol. The third-order valence-corrected chi connectivity index (χ3v) is 4.01. The lowest BCUT2D eigenvalue weighted by Crippen LogP contribution is -2.45. The molecule has 0 amide bonds. The van der Waals surface area contributed by atoms with Crippen LogP contribution in [-0.2, 0) is 5.41 Å². The highest BCUT2D eigenvalue weighted by Gasteiger charge is 2.36. The van der Waals surface area contributed by atoms with Crippen LogP contribution in [0.5, 0.6) is 0 Å². The summed E-state index contributed by atoms with van der Waals surface area (Å²) in [4.78, 5) is 0. The van der Waals surface area contributed by atoms with Crippen molar-refractivity contribution in [3.8, 4) is 0 Å². The fourth-order valence-electron chi connectivity index (χ4n) is 3.09. The van der Waals surface area contributed by atoms with Crippen LogP contribution >= 0.6 is 0 Å². The molecule has 96 valence electrons. The van der Waals surface area contributed by atoms with Crippen LogP contribution in [0.25, 0.3) is 0 Å². The molecule has 1 aliphatic rings. The average Bonchev–Trinajstić information content (AvgIpc) is 2.49. The quantitative estimate of drug-likeness (QED) is 0.803. The van der Waals surface area contributed by atoms with E-state index >= 15 is 0 Å². The minimum absolute atomic E-state index is 0.0256. The van der Waals surface area contributed by atoms with Gasteiger partial charge in [-0.25, -0.2) is 0 Å². The van der Waals surface area contributed by atoms with Crippen LogP contribution in [0.4, 0.5) is 0 Å². The van der Waals surface area contributed by atoms with Crippen molar-refractivity contribution in [3.63, 3.8) is 0 Å². The standard InChI is InChI=1S/C18H19N/c1-15-12-18(14-19-13-15,16-8-4-2-5-9-16)17-10-6-3-7-11-17/h2-11,19H,1,12-14H2. The topological polar surface area (TPSA) is 12.0 Å². The Kier molecular flexibility index (Phi) is 3.22. The van der Waals surface area contributed by atoms with Gasteiger partial charge in [0.2, 0.25) is 0 Å². The SMILES string of the molecule is C=C1CNCC(c2ccccc2)(c2ccccc2)C1. The molecule has 1 aliphatic heterocycles. The van der Waals surface area contributed by atoms with Crippen LogP contribution in [-0.4, -0.2) is 13.1 Å². The van der Waals surface area contributed by atoms with Crippen LogP contribution in [0.15, 0.2) is 72.8 Å². The summed E-state index contributed by atoms with van der Waals surface area (Å²) >= 11 is 0. The highest BCUT2D eigenvalue weighted by Crippen LogP contribution is 2.39. The van der Waals surface area contributed by atoms with E-state index in [9.17, 15) is 0 Å². The van der Waals surface area contributed by atoms with Crippen LogP contribution in [0, 0.1) is 0 Å². The minimum atomic E-state index is 0.0256. The molecule has 19 heavy (non-hydrogen) atoms. The van der Waals surface area contributed by atoms with Gasteiger partial charge in [-0.1, -0.05) is 72.8 Å². The van der Waals surface area contributed by atoms with Gasteiger partial charge in [-0.15, -0.1) is 0 Å². The maximum atomic E-state index is 4.20. The molecule has 0 aliphatic carbocycles. The molecule has 1 heterocycles. The molecule has 0 spiro atoms. The van der Waals surface area contributed by atoms with Gasteiger partial charge in [0.1, 0.15) is 0 Å². The molecule has 1 fully saturated rings. The molecule has 1 heteroatoms. The number of rotatable bonds is 2. The Hall–Kier alpha value is -1.86. The molecule has 2 aromatic carbocycles. The van der Waals surface area contributed by atoms with Gasteiger partial charge in [-0.3, -0.25) is 0 Å². The largest absolute Gasteiger partial charge is 0.312 e. The normalized spacial score (nSPS) is 18.2. The van der Waals surface area contributed by atoms with Crippen molar-refractivity contribution in [1.82, 2.24) is 5.32 Å². The summed E-state index contributed by atoms with van der Waals surface area (Å²) in [5.41, 5.74) is 4.04. The lowest BCUT2D eigenvalue weighted by atomic mass is 9.69. The van der Waals surface area contributed by atoms with E-state index in [2.05, 4.69) is 72.6 Å². The number of piperidine rings is 1. The fraction of sp³-hybridized carbons (Fsp3) is 0.222. The number of hydrogen-bond donors (Lipinski definition) is 1. The predicted octanol–water partition coefficient (Wildman–Crippen LogP) is 3.52. The van der Waals surface area contributed by atoms with Gasteiger partial charge < -0.3 is 5.32 Å². The lowest BCUT2D eigenvalue weighted by molar-refractivity contribution is 0.425. The third kappa shape index (κ3) is 2.22. The molecule has 1 saturated heterocycles. The van der Waals surface area contributed by atoms with E-state index in [1.54, 1.807) is 0 Å². The monoisotopic (exact) mass is 249 g/mol. The molecular weight excluding hydrogens is 230 g/mol. The van der Waals surface area contributed by atoms with Crippen LogP contribution in [0.2, 0.25) is 0 Å². The Bertz CT molecular complexity index is 517. The van der Waals surface area contributed by atoms with Crippen molar-refractivity contribution in [1.29, 1.82) is 0 Å². The minimum Gasteiger partial charge on any atom is -0.312 e. The highest BCUT2D eigenvalue weighted by atomic mass is 14.9. The summed E-state index contributed by atoms with van der Waals surface area (Å²) in [6.07, 6.45) is 1.02. The molecule has 3 rings (SSSR count). The molecular formula is C18H19N. The van der Waals surface area contributed by atoms with Crippen molar-refractivity contribution in [3.05, 3.63) is 83.9 Å². The summed E-state index contributed by atoms with van der Waals surface area (Å²) in [7, 11) is 0. The molecule has 0 atom stereocenters. The molecule has 0 radical (unpaired) electrons. The van der Waals surface area contributed by atoms with E-state index < -0.39 is 0 Å². The highest BCUT2D eigenvalue weighted by molar-refractivity contribution is 5.42. The Morgan fingerprint density at radius 3 is 1.84 bits per heavy atom. The first-order chi connectivity index (χ1) is 9.31. The summed E-state index contributed by atoms with van der Waals surface area (Å²) < 4.78 is 0. The van der Waals surface area contributed by atoms with Crippen molar-refractivity contribution in [2.45, 2.75) is 11.8 Å². The Morgan fingerprint density at radius 1 is 0.842 bits per heavy atom. The first-order valence-corrected chi connectivity index (χ1v) is 6.80. The molecule has 0 aromatic heterocycles. The van der Waals surface area contributed by atoms with Gasteiger partial charge >= 0.3 is 0 Å². The zero-order valence-corrected chi connectivity index (χ0v) is 11.1. The lowest BCUT2D eigenvalue weighted by Gasteiger charge is -2.40. The number of benzene rings is 2. The van der Waals surface area contributed by atoms with Gasteiger partial charge in [0, 0.05) is 18.5 Å². The van der Waals surface area contributed by atoms with Gasteiger partial charge in [0.15, 0.2) is 0 Å². The zero-order valence-electron chi connectivity index (χ0n) is 11.1. The fourth-order valence-corrected chi connectivity index (χ4v) is 3.09. The Labute approximate surface area is 115 Å². The van der Waals surface area contributed by atoms with E-state index in [0.29, 0.717) is 0 Å². The molecule has 0 saturated carbocycles. The first kappa shape index (κ1) is 12.2. The van der Waals surface area contributed by atoms with Gasteiger partial charge in [0.25, 0.3) is 0 Å². The number of nitrogens with one attached hydrogen (secondary N) is 1. The van der Waals surface area contributed by atoms with Crippen LogP contribution in [0.1, 0.15) is 17.5 Å². The van der Waals surface area contributed by atoms with Crippen molar-refractivity contribution >= 4 is 0 Å². The second-order valence-corrected chi connectivity index (χ2v) is 5.34. The maximum Gasteiger partial charge on any atom is 0.0364 e. The van der Waals surface area contributed by atoms with Gasteiger partial charge in [-0.05, 0) is 17.5 Å². The van der Waals surface area contributed by atoms with E-state index in [0.717, 1.165) is 19.5 Å². The van der Waals surface area contributed by atoms with Gasteiger partial charge in [0.05, 0.1) is 0 Å². The van der Waals surface area contributed by atoms with Gasteiger partial charge in [-0.2, -0.15) is 0 Å². The summed E-state index contributed by atoms with van der Waals surface area (Å²) in [6, 6.07) is 21.6. The van der Waals surface area contributed by atoms with E-state index in [1.165, 1.54) is 16.7 Å². The molecule has 2 aromatic rings. The second-order valence-electron chi connectivity index (χ2n) is 5.34. The first-order valence-electron chi connectivity index (χ1n) is 6.80. The van der Waals surface area contributed by atoms with E-state index in [4.69, 9.17) is 0 Å². The maximum absolute atomic E-state index is 4.20. The van der Waals surface area contributed by atoms with Crippen molar-refractivity contribution < 1.29 is 0 Å². The van der Waals surface area contributed by atoms with Crippen LogP contribution < -0.4 is 5.32 Å². The van der Waals surface area contributed by atoms with Crippen LogP contribution in [0.3, 0.4) is 0 Å². The zero-order chi connectivity index (χ0) is 13.1. The second kappa shape index (κ2) is 5.02. The Morgan fingerprint density at radius 2 is 1.37 bits per heavy atom. The van der Waals surface area contributed by atoms with E-state index in [1.807, 2.05) is 0 Å².